The van der Waals surface area contributed by atoms with Gasteiger partial charge in [-0.2, -0.15) is 0 Å². The number of thioether (sulfide) groups is 1. The van der Waals surface area contributed by atoms with Crippen molar-refractivity contribution < 1.29 is 4.79 Å². The van der Waals surface area contributed by atoms with Crippen LogP contribution in [0.1, 0.15) is 32.6 Å². The number of carbonyl (C=O) groups is 1. The van der Waals surface area contributed by atoms with Crippen molar-refractivity contribution >= 4 is 29.0 Å². The van der Waals surface area contributed by atoms with Gasteiger partial charge in [-0.05, 0) is 43.2 Å². The highest BCUT2D eigenvalue weighted by molar-refractivity contribution is 8.00. The Balaban J connectivity index is 2.16. The minimum Gasteiger partial charge on any atom is -0.399 e. The molecule has 2 N–H and O–H groups in total. The van der Waals surface area contributed by atoms with Crippen LogP contribution >= 0.6 is 11.8 Å². The second-order valence-electron chi connectivity index (χ2n) is 4.94. The Bertz CT molecular complexity index is 430. The first kappa shape index (κ1) is 14.3. The lowest BCUT2D eigenvalue weighted by Crippen LogP contribution is -2.39. The van der Waals surface area contributed by atoms with Crippen molar-refractivity contribution in [3.8, 4) is 0 Å². The summed E-state index contributed by atoms with van der Waals surface area (Å²) in [6, 6.07) is 7.63. The molecule has 3 nitrogen and oxygen atoms in total. The van der Waals surface area contributed by atoms with Gasteiger partial charge in [0.2, 0.25) is 5.91 Å². The molecule has 0 radical (unpaired) electrons. The average molecular weight is 278 g/mol. The van der Waals surface area contributed by atoms with Crippen molar-refractivity contribution in [3.05, 3.63) is 24.3 Å². The van der Waals surface area contributed by atoms with Crippen LogP contribution in [0.5, 0.6) is 0 Å². The summed E-state index contributed by atoms with van der Waals surface area (Å²) in [5.41, 5.74) is 7.47. The summed E-state index contributed by atoms with van der Waals surface area (Å²) in [5.74, 6) is 1.35. The van der Waals surface area contributed by atoms with Gasteiger partial charge in [-0.1, -0.05) is 19.4 Å². The van der Waals surface area contributed by atoms with Crippen molar-refractivity contribution in [1.82, 2.24) is 0 Å². The molecule has 0 bridgehead atoms. The van der Waals surface area contributed by atoms with Crippen molar-refractivity contribution in [3.63, 3.8) is 0 Å². The van der Waals surface area contributed by atoms with Crippen molar-refractivity contribution in [2.75, 3.05) is 22.9 Å². The van der Waals surface area contributed by atoms with E-state index < -0.39 is 0 Å². The molecular formula is C15H22N2OS. The molecule has 104 valence electrons. The monoisotopic (exact) mass is 278 g/mol. The van der Waals surface area contributed by atoms with Crippen molar-refractivity contribution in [2.24, 2.45) is 0 Å². The molecule has 1 unspecified atom stereocenters. The van der Waals surface area contributed by atoms with Gasteiger partial charge in [0, 0.05) is 17.9 Å². The van der Waals surface area contributed by atoms with Gasteiger partial charge in [0.1, 0.15) is 0 Å². The highest BCUT2D eigenvalue weighted by atomic mass is 32.2. The summed E-state index contributed by atoms with van der Waals surface area (Å²) in [6.07, 6.45) is 4.37. The first-order valence-corrected chi connectivity index (χ1v) is 8.05. The van der Waals surface area contributed by atoms with E-state index in [1.165, 1.54) is 12.8 Å². The van der Waals surface area contributed by atoms with Crippen LogP contribution in [0.3, 0.4) is 0 Å². The Hall–Kier alpha value is -1.16. The van der Waals surface area contributed by atoms with Gasteiger partial charge in [-0.25, -0.2) is 0 Å². The van der Waals surface area contributed by atoms with Gasteiger partial charge in [-0.3, -0.25) is 4.79 Å². The van der Waals surface area contributed by atoms with E-state index in [1.807, 2.05) is 29.2 Å². The quantitative estimate of drug-likeness (QED) is 0.860. The van der Waals surface area contributed by atoms with Crippen LogP contribution in [0.25, 0.3) is 0 Å². The number of anilines is 2. The first-order valence-electron chi connectivity index (χ1n) is 7.01. The molecule has 1 saturated heterocycles. The predicted molar refractivity (Wildman–Crippen MR) is 83.6 cm³/mol. The Morgan fingerprint density at radius 3 is 2.95 bits per heavy atom. The van der Waals surface area contributed by atoms with E-state index >= 15 is 0 Å². The van der Waals surface area contributed by atoms with Gasteiger partial charge in [0.15, 0.2) is 0 Å². The molecule has 0 spiro atoms. The SMILES string of the molecule is CCCN(C(=O)C1CCCCS1)c1cccc(N)c1. The number of carbonyl (C=O) groups excluding carboxylic acids is 1. The number of nitrogen functional groups attached to an aromatic ring is 1. The topological polar surface area (TPSA) is 46.3 Å². The number of hydrogen-bond acceptors (Lipinski definition) is 3. The second kappa shape index (κ2) is 6.85. The lowest BCUT2D eigenvalue weighted by Gasteiger charge is -2.29. The van der Waals surface area contributed by atoms with E-state index in [4.69, 9.17) is 5.73 Å². The average Bonchev–Trinajstić information content (AvgIpc) is 2.45. The molecule has 0 aromatic heterocycles. The molecule has 0 saturated carbocycles. The number of nitrogens with two attached hydrogens (primary N) is 1. The van der Waals surface area contributed by atoms with E-state index in [0.29, 0.717) is 5.69 Å². The number of amides is 1. The molecule has 1 aromatic rings. The molecule has 1 amide bonds. The van der Waals surface area contributed by atoms with Crippen LogP contribution in [0.2, 0.25) is 0 Å². The van der Waals surface area contributed by atoms with Crippen LogP contribution in [-0.2, 0) is 4.79 Å². The molecule has 19 heavy (non-hydrogen) atoms. The third-order valence-electron chi connectivity index (χ3n) is 3.35. The Labute approximate surface area is 119 Å². The van der Waals surface area contributed by atoms with Gasteiger partial charge in [-0.15, -0.1) is 11.8 Å². The summed E-state index contributed by atoms with van der Waals surface area (Å²) >= 11 is 1.80. The fourth-order valence-corrected chi connectivity index (χ4v) is 3.65. The van der Waals surface area contributed by atoms with Gasteiger partial charge < -0.3 is 10.6 Å². The van der Waals surface area contributed by atoms with Crippen molar-refractivity contribution in [2.45, 2.75) is 37.9 Å². The third kappa shape index (κ3) is 3.66. The van der Waals surface area contributed by atoms with Gasteiger partial charge >= 0.3 is 0 Å². The van der Waals surface area contributed by atoms with Crippen LogP contribution in [0.4, 0.5) is 11.4 Å². The number of nitrogens with zero attached hydrogens (tertiary/aromatic N) is 1. The molecule has 1 aromatic carbocycles. The maximum Gasteiger partial charge on any atom is 0.240 e. The van der Waals surface area contributed by atoms with E-state index in [1.54, 1.807) is 11.8 Å². The summed E-state index contributed by atoms with van der Waals surface area (Å²) < 4.78 is 0. The van der Waals surface area contributed by atoms with Crippen LogP contribution in [0.15, 0.2) is 24.3 Å². The third-order valence-corrected chi connectivity index (χ3v) is 4.71. The molecule has 1 atom stereocenters. The second-order valence-corrected chi connectivity index (χ2v) is 6.25. The molecular weight excluding hydrogens is 256 g/mol. The van der Waals surface area contributed by atoms with Gasteiger partial charge in [0.05, 0.1) is 5.25 Å². The van der Waals surface area contributed by atoms with E-state index in [2.05, 4.69) is 6.92 Å². The molecule has 1 aliphatic rings. The summed E-state index contributed by atoms with van der Waals surface area (Å²) in [4.78, 5) is 14.6. The zero-order valence-electron chi connectivity index (χ0n) is 11.5. The summed E-state index contributed by atoms with van der Waals surface area (Å²) in [6.45, 7) is 2.86. The highest BCUT2D eigenvalue weighted by Crippen LogP contribution is 2.29. The minimum absolute atomic E-state index is 0.127. The van der Waals surface area contributed by atoms with Crippen molar-refractivity contribution in [1.29, 1.82) is 0 Å². The fraction of sp³-hybridized carbons (Fsp3) is 0.533. The fourth-order valence-electron chi connectivity index (χ4n) is 2.39. The van der Waals surface area contributed by atoms with E-state index in [0.717, 1.165) is 30.8 Å². The van der Waals surface area contributed by atoms with E-state index in [-0.39, 0.29) is 11.2 Å². The Morgan fingerprint density at radius 1 is 1.47 bits per heavy atom. The standard InChI is InChI=1S/C15H22N2OS/c1-2-9-17(13-7-5-6-12(16)11-13)15(18)14-8-3-4-10-19-14/h5-7,11,14H,2-4,8-10,16H2,1H3. The molecule has 1 heterocycles. The first-order chi connectivity index (χ1) is 9.22. The maximum atomic E-state index is 12.7. The zero-order valence-corrected chi connectivity index (χ0v) is 12.3. The zero-order chi connectivity index (χ0) is 13.7. The number of benzene rings is 1. The minimum atomic E-state index is 0.127. The summed E-state index contributed by atoms with van der Waals surface area (Å²) in [5, 5.41) is 0.127. The molecule has 2 rings (SSSR count). The molecule has 0 aliphatic carbocycles. The Kier molecular flexibility index (Phi) is 5.14. The maximum absolute atomic E-state index is 12.7. The highest BCUT2D eigenvalue weighted by Gasteiger charge is 2.27. The Morgan fingerprint density at radius 2 is 2.32 bits per heavy atom. The number of hydrogen-bond donors (Lipinski definition) is 1. The van der Waals surface area contributed by atoms with Crippen LogP contribution in [0, 0.1) is 0 Å². The smallest absolute Gasteiger partial charge is 0.240 e. The van der Waals surface area contributed by atoms with Crippen LogP contribution < -0.4 is 10.6 Å². The lowest BCUT2D eigenvalue weighted by molar-refractivity contribution is -0.118. The normalized spacial score (nSPS) is 19.1. The number of rotatable bonds is 4. The molecule has 1 fully saturated rings. The molecule has 1 aliphatic heterocycles. The summed E-state index contributed by atoms with van der Waals surface area (Å²) in [7, 11) is 0. The van der Waals surface area contributed by atoms with Gasteiger partial charge in [0.25, 0.3) is 0 Å². The predicted octanol–water partition coefficient (Wildman–Crippen LogP) is 3.30. The largest absolute Gasteiger partial charge is 0.399 e. The lowest BCUT2D eigenvalue weighted by atomic mass is 10.1. The van der Waals surface area contributed by atoms with Crippen LogP contribution in [-0.4, -0.2) is 23.5 Å². The van der Waals surface area contributed by atoms with E-state index in [9.17, 15) is 4.79 Å². The molecule has 4 heteroatoms.